The average Bonchev–Trinajstić information content (AvgIpc) is 2.75. The van der Waals surface area contributed by atoms with Crippen molar-refractivity contribution in [1.82, 2.24) is 0 Å². The molecule has 2 aliphatic rings. The van der Waals surface area contributed by atoms with Crippen LogP contribution in [-0.2, 0) is 19.0 Å². The van der Waals surface area contributed by atoms with Crippen LogP contribution in [0, 0.1) is 29.6 Å². The molecule has 1 heterocycles. The van der Waals surface area contributed by atoms with Gasteiger partial charge in [-0.15, -0.1) is 0 Å². The fourth-order valence-electron chi connectivity index (χ4n) is 5.28. The van der Waals surface area contributed by atoms with Gasteiger partial charge in [-0.2, -0.15) is 0 Å². The van der Waals surface area contributed by atoms with E-state index in [4.69, 9.17) is 19.7 Å². The van der Waals surface area contributed by atoms with E-state index in [1.807, 2.05) is 20.8 Å². The number of nitrogens with zero attached hydrogens (tertiary/aromatic N) is 6. The van der Waals surface area contributed by atoms with E-state index < -0.39 is 42.7 Å². The van der Waals surface area contributed by atoms with Gasteiger partial charge in [0.05, 0.1) is 24.3 Å². The van der Waals surface area contributed by atoms with E-state index in [1.165, 1.54) is 6.92 Å². The van der Waals surface area contributed by atoms with Gasteiger partial charge in [-0.3, -0.25) is 4.79 Å². The van der Waals surface area contributed by atoms with Gasteiger partial charge in [-0.1, -0.05) is 58.2 Å². The van der Waals surface area contributed by atoms with Crippen LogP contribution in [0.3, 0.4) is 0 Å². The number of aliphatic hydroxyl groups is 1. The predicted molar refractivity (Wildman–Crippen MR) is 126 cm³/mol. The Bertz CT molecular complexity index is 782. The van der Waals surface area contributed by atoms with Crippen molar-refractivity contribution in [3.63, 3.8) is 0 Å². The summed E-state index contributed by atoms with van der Waals surface area (Å²) in [6.45, 7) is 13.6. The molecule has 11 nitrogen and oxygen atoms in total. The predicted octanol–water partition coefficient (Wildman–Crippen LogP) is 5.13. The largest absolute Gasteiger partial charge is 0.459 e. The summed E-state index contributed by atoms with van der Waals surface area (Å²) >= 11 is 0. The Morgan fingerprint density at radius 2 is 1.76 bits per heavy atom. The molecule has 10 atom stereocenters. The van der Waals surface area contributed by atoms with Crippen LogP contribution in [0.1, 0.15) is 67.7 Å². The Labute approximate surface area is 201 Å². The van der Waals surface area contributed by atoms with Crippen molar-refractivity contribution in [2.45, 2.75) is 111 Å². The van der Waals surface area contributed by atoms with Crippen molar-refractivity contribution >= 4 is 5.97 Å². The number of ether oxygens (including phenoxy) is 3. The SMILES string of the molecule is CC(=O)OC1[C@H](CCC(C)C)CC(N=[N+]=[N-])[C@@H](O[C@H]2OC(C(C)C)[C@@H](C)[C@H](C)C2N=[N+]=[N-])[C@@H]1O. The molecule has 1 aliphatic heterocycles. The smallest absolute Gasteiger partial charge is 0.303 e. The Kier molecular flexibility index (Phi) is 10.5. The molecule has 192 valence electrons. The standard InChI is InChI=1S/C23H40N6O5/c1-11(2)8-9-16-10-17(26-28-24)22(19(31)21(16)32-15(7)30)34-23-18(27-29-25)13(5)14(6)20(33-23)12(3)4/h11-14,16-23,31H,8-10H2,1-7H3/t13-,14-,16+,17?,18?,19+,20?,21?,22+,23+/m0/s1. The van der Waals surface area contributed by atoms with Crippen LogP contribution in [0.4, 0.5) is 0 Å². The minimum atomic E-state index is -1.23. The van der Waals surface area contributed by atoms with E-state index in [1.54, 1.807) is 0 Å². The van der Waals surface area contributed by atoms with Crippen molar-refractivity contribution < 1.29 is 24.1 Å². The number of rotatable bonds is 9. The summed E-state index contributed by atoms with van der Waals surface area (Å²) in [5.74, 6) is 0.0205. The summed E-state index contributed by atoms with van der Waals surface area (Å²) < 4.78 is 18.1. The zero-order valence-electron chi connectivity index (χ0n) is 21.3. The van der Waals surface area contributed by atoms with Crippen LogP contribution in [0.15, 0.2) is 10.2 Å². The van der Waals surface area contributed by atoms with Crippen molar-refractivity contribution in [2.75, 3.05) is 0 Å². The van der Waals surface area contributed by atoms with E-state index in [2.05, 4.69) is 40.8 Å². The maximum atomic E-state index is 11.8. The molecule has 4 unspecified atom stereocenters. The molecule has 0 aromatic carbocycles. The average molecular weight is 481 g/mol. The lowest BCUT2D eigenvalue weighted by Gasteiger charge is -2.48. The van der Waals surface area contributed by atoms with Crippen molar-refractivity contribution in [2.24, 2.45) is 39.8 Å². The van der Waals surface area contributed by atoms with Gasteiger partial charge in [0.1, 0.15) is 12.2 Å². The summed E-state index contributed by atoms with van der Waals surface area (Å²) in [5.41, 5.74) is 18.4. The van der Waals surface area contributed by atoms with Gasteiger partial charge in [-0.05, 0) is 53.5 Å². The Hall–Kier alpha value is -2.03. The van der Waals surface area contributed by atoms with E-state index >= 15 is 0 Å². The van der Waals surface area contributed by atoms with E-state index in [0.29, 0.717) is 18.8 Å². The number of carbonyl (C=O) groups excluding carboxylic acids is 1. The van der Waals surface area contributed by atoms with E-state index in [9.17, 15) is 15.4 Å². The molecule has 1 saturated heterocycles. The summed E-state index contributed by atoms with van der Waals surface area (Å²) in [7, 11) is 0. The number of hydrogen-bond acceptors (Lipinski definition) is 7. The first-order valence-electron chi connectivity index (χ1n) is 12.3. The molecule has 2 rings (SSSR count). The fraction of sp³-hybridized carbons (Fsp3) is 0.957. The molecular weight excluding hydrogens is 440 g/mol. The summed E-state index contributed by atoms with van der Waals surface area (Å²) in [6.07, 6.45) is -2.11. The van der Waals surface area contributed by atoms with Gasteiger partial charge >= 0.3 is 5.97 Å². The third-order valence-corrected chi connectivity index (χ3v) is 7.27. The normalized spacial score (nSPS) is 38.2. The first-order chi connectivity index (χ1) is 16.0. The minimum Gasteiger partial charge on any atom is -0.459 e. The third-order valence-electron chi connectivity index (χ3n) is 7.27. The van der Waals surface area contributed by atoms with Crippen LogP contribution in [-0.4, -0.2) is 53.9 Å². The molecule has 0 bridgehead atoms. The second-order valence-electron chi connectivity index (χ2n) is 10.5. The number of azide groups is 2. The molecule has 1 saturated carbocycles. The number of carbonyl (C=O) groups is 1. The zero-order valence-corrected chi connectivity index (χ0v) is 21.3. The van der Waals surface area contributed by atoms with Crippen LogP contribution >= 0.6 is 0 Å². The molecular formula is C23H40N6O5. The molecule has 1 N–H and O–H groups in total. The molecule has 1 aliphatic carbocycles. The van der Waals surface area contributed by atoms with E-state index in [-0.39, 0.29) is 29.8 Å². The lowest BCUT2D eigenvalue weighted by atomic mass is 9.76. The van der Waals surface area contributed by atoms with Crippen molar-refractivity contribution in [1.29, 1.82) is 0 Å². The quantitative estimate of drug-likeness (QED) is 0.209. The van der Waals surface area contributed by atoms with Crippen LogP contribution in [0.25, 0.3) is 20.9 Å². The van der Waals surface area contributed by atoms with Gasteiger partial charge in [0, 0.05) is 16.7 Å². The highest BCUT2D eigenvalue weighted by Gasteiger charge is 2.50. The Morgan fingerprint density at radius 3 is 2.29 bits per heavy atom. The highest BCUT2D eigenvalue weighted by atomic mass is 16.7. The summed E-state index contributed by atoms with van der Waals surface area (Å²) in [5, 5.41) is 19.2. The van der Waals surface area contributed by atoms with Gasteiger partial charge in [0.15, 0.2) is 6.29 Å². The van der Waals surface area contributed by atoms with Gasteiger partial charge in [-0.25, -0.2) is 0 Å². The zero-order chi connectivity index (χ0) is 25.6. The summed E-state index contributed by atoms with van der Waals surface area (Å²) in [6, 6.07) is -1.31. The lowest BCUT2D eigenvalue weighted by molar-refractivity contribution is -0.280. The highest BCUT2D eigenvalue weighted by Crippen LogP contribution is 2.40. The Morgan fingerprint density at radius 1 is 1.12 bits per heavy atom. The minimum absolute atomic E-state index is 0.0382. The fourth-order valence-corrected chi connectivity index (χ4v) is 5.28. The molecule has 0 aromatic heterocycles. The van der Waals surface area contributed by atoms with Crippen molar-refractivity contribution in [3.05, 3.63) is 20.9 Å². The first-order valence-corrected chi connectivity index (χ1v) is 12.3. The number of esters is 1. The second kappa shape index (κ2) is 12.6. The summed E-state index contributed by atoms with van der Waals surface area (Å²) in [4.78, 5) is 17.8. The Balaban J connectivity index is 2.37. The number of aliphatic hydroxyl groups excluding tert-OH is 1. The van der Waals surface area contributed by atoms with Crippen molar-refractivity contribution in [3.8, 4) is 0 Å². The second-order valence-corrected chi connectivity index (χ2v) is 10.5. The topological polar surface area (TPSA) is 163 Å². The molecule has 0 radical (unpaired) electrons. The van der Waals surface area contributed by atoms with Gasteiger partial charge in [0.25, 0.3) is 0 Å². The molecule has 11 heteroatoms. The maximum absolute atomic E-state index is 11.8. The van der Waals surface area contributed by atoms with Crippen LogP contribution in [0.5, 0.6) is 0 Å². The molecule has 0 spiro atoms. The third kappa shape index (κ3) is 6.77. The number of hydrogen-bond donors (Lipinski definition) is 1. The van der Waals surface area contributed by atoms with E-state index in [0.717, 1.165) is 6.42 Å². The highest BCUT2D eigenvalue weighted by molar-refractivity contribution is 5.66. The van der Waals surface area contributed by atoms with Crippen LogP contribution < -0.4 is 0 Å². The van der Waals surface area contributed by atoms with Gasteiger partial charge < -0.3 is 19.3 Å². The molecule has 0 aromatic rings. The van der Waals surface area contributed by atoms with Gasteiger partial charge in [0.2, 0.25) is 0 Å². The van der Waals surface area contributed by atoms with Crippen LogP contribution in [0.2, 0.25) is 0 Å². The maximum Gasteiger partial charge on any atom is 0.303 e. The lowest BCUT2D eigenvalue weighted by Crippen LogP contribution is -2.59. The molecule has 2 fully saturated rings. The molecule has 34 heavy (non-hydrogen) atoms. The first kappa shape index (κ1) is 28.2. The monoisotopic (exact) mass is 480 g/mol. The molecule has 0 amide bonds.